The molecule has 0 aliphatic carbocycles. The van der Waals surface area contributed by atoms with Gasteiger partial charge in [-0.3, -0.25) is 9.59 Å². The highest BCUT2D eigenvalue weighted by molar-refractivity contribution is 7.91. The van der Waals surface area contributed by atoms with Crippen LogP contribution in [0.15, 0.2) is 0 Å². The molecule has 2 fully saturated rings. The molecule has 2 aliphatic rings. The summed E-state index contributed by atoms with van der Waals surface area (Å²) in [6.45, 7) is 2.93. The van der Waals surface area contributed by atoms with Gasteiger partial charge in [-0.05, 0) is 25.3 Å². The van der Waals surface area contributed by atoms with Crippen LogP contribution in [0.5, 0.6) is 0 Å². The van der Waals surface area contributed by atoms with Crippen molar-refractivity contribution in [3.63, 3.8) is 0 Å². The van der Waals surface area contributed by atoms with Crippen molar-refractivity contribution >= 4 is 21.7 Å². The van der Waals surface area contributed by atoms with Gasteiger partial charge in [0.2, 0.25) is 5.91 Å². The Morgan fingerprint density at radius 3 is 2.71 bits per heavy atom. The number of carboxylic acid groups (broad SMARTS) is 1. The molecule has 2 N–H and O–H groups in total. The molecule has 3 unspecified atom stereocenters. The van der Waals surface area contributed by atoms with E-state index < -0.39 is 21.8 Å². The first-order valence-corrected chi connectivity index (χ1v) is 9.06. The van der Waals surface area contributed by atoms with Gasteiger partial charge in [0.25, 0.3) is 0 Å². The predicted octanol–water partition coefficient (Wildman–Crippen LogP) is -0.525. The number of piperidine rings is 1. The van der Waals surface area contributed by atoms with E-state index in [2.05, 4.69) is 12.2 Å². The molecule has 0 radical (unpaired) electrons. The molecule has 0 aromatic carbocycles. The predicted molar refractivity (Wildman–Crippen MR) is 76.6 cm³/mol. The van der Waals surface area contributed by atoms with E-state index in [0.29, 0.717) is 12.3 Å². The summed E-state index contributed by atoms with van der Waals surface area (Å²) < 4.78 is 23.4. The highest BCUT2D eigenvalue weighted by atomic mass is 32.2. The summed E-state index contributed by atoms with van der Waals surface area (Å²) in [6, 6.07) is -1.08. The number of rotatable bonds is 3. The summed E-state index contributed by atoms with van der Waals surface area (Å²) >= 11 is 0. The highest BCUT2D eigenvalue weighted by Gasteiger charge is 2.38. The van der Waals surface area contributed by atoms with Gasteiger partial charge >= 0.3 is 5.97 Å². The van der Waals surface area contributed by atoms with Crippen LogP contribution in [0.1, 0.15) is 26.2 Å². The van der Waals surface area contributed by atoms with Crippen molar-refractivity contribution in [3.05, 3.63) is 0 Å². The first kappa shape index (κ1) is 16.2. The van der Waals surface area contributed by atoms with Gasteiger partial charge in [0.1, 0.15) is 0 Å². The van der Waals surface area contributed by atoms with Crippen LogP contribution in [0.4, 0.5) is 0 Å². The van der Waals surface area contributed by atoms with Gasteiger partial charge in [-0.25, -0.2) is 8.42 Å². The molecule has 3 atom stereocenters. The second-order valence-corrected chi connectivity index (χ2v) is 8.26. The van der Waals surface area contributed by atoms with Gasteiger partial charge in [-0.15, -0.1) is 0 Å². The summed E-state index contributed by atoms with van der Waals surface area (Å²) in [6.07, 6.45) is 1.39. The summed E-state index contributed by atoms with van der Waals surface area (Å²) in [5, 5.41) is 12.1. The monoisotopic (exact) mass is 318 g/mol. The van der Waals surface area contributed by atoms with Gasteiger partial charge in [0, 0.05) is 6.54 Å². The van der Waals surface area contributed by atoms with Gasteiger partial charge in [-0.2, -0.15) is 0 Å². The Balaban J connectivity index is 2.11. The van der Waals surface area contributed by atoms with Crippen LogP contribution in [0.25, 0.3) is 0 Å². The number of carbonyl (C=O) groups excluding carboxylic acids is 1. The molecule has 7 nitrogen and oxygen atoms in total. The zero-order valence-electron chi connectivity index (χ0n) is 12.1. The molecular weight excluding hydrogens is 296 g/mol. The minimum atomic E-state index is -3.26. The van der Waals surface area contributed by atoms with E-state index in [1.54, 1.807) is 0 Å². The van der Waals surface area contributed by atoms with Crippen LogP contribution in [0.2, 0.25) is 0 Å². The maximum atomic E-state index is 12.6. The first-order valence-electron chi connectivity index (χ1n) is 7.24. The van der Waals surface area contributed by atoms with Crippen LogP contribution in [-0.2, 0) is 19.4 Å². The van der Waals surface area contributed by atoms with Gasteiger partial charge < -0.3 is 15.3 Å². The highest BCUT2D eigenvalue weighted by Crippen LogP contribution is 2.21. The number of nitrogens with zero attached hydrogens (tertiary/aromatic N) is 1. The van der Waals surface area contributed by atoms with Crippen LogP contribution in [0.3, 0.4) is 0 Å². The Kier molecular flexibility index (Phi) is 4.88. The fourth-order valence-corrected chi connectivity index (χ4v) is 4.57. The number of carboxylic acids is 1. The minimum absolute atomic E-state index is 0.0862. The van der Waals surface area contributed by atoms with Gasteiger partial charge in [-0.1, -0.05) is 6.92 Å². The molecule has 2 heterocycles. The standard InChI is InChI=1S/C13H22N2O5S/c1-9-2-3-14-11(6-9)13(18)15-4-5-21(19,20)8-10(15)7-12(16)17/h9-11,14H,2-8H2,1H3,(H,16,17). The van der Waals surface area contributed by atoms with Gasteiger partial charge in [0.05, 0.1) is 30.0 Å². The number of sulfone groups is 1. The summed E-state index contributed by atoms with van der Waals surface area (Å²) in [5.74, 6) is -1.15. The topological polar surface area (TPSA) is 104 Å². The van der Waals surface area contributed by atoms with Crippen molar-refractivity contribution < 1.29 is 23.1 Å². The van der Waals surface area contributed by atoms with E-state index >= 15 is 0 Å². The Labute approximate surface area is 124 Å². The molecule has 21 heavy (non-hydrogen) atoms. The molecular formula is C13H22N2O5S. The molecule has 0 saturated carbocycles. The van der Waals surface area contributed by atoms with Crippen LogP contribution < -0.4 is 5.32 Å². The zero-order chi connectivity index (χ0) is 15.6. The molecule has 120 valence electrons. The third kappa shape index (κ3) is 4.16. The maximum absolute atomic E-state index is 12.6. The second kappa shape index (κ2) is 6.31. The normalized spacial score (nSPS) is 32.6. The van der Waals surface area contributed by atoms with E-state index in [-0.39, 0.29) is 36.4 Å². The van der Waals surface area contributed by atoms with Crippen LogP contribution in [0, 0.1) is 5.92 Å². The minimum Gasteiger partial charge on any atom is -0.481 e. The smallest absolute Gasteiger partial charge is 0.305 e. The fraction of sp³-hybridized carbons (Fsp3) is 0.846. The largest absolute Gasteiger partial charge is 0.481 e. The number of amides is 1. The quantitative estimate of drug-likeness (QED) is 0.725. The molecule has 0 aromatic heterocycles. The van der Waals surface area contributed by atoms with E-state index in [1.807, 2.05) is 0 Å². The Hall–Kier alpha value is -1.15. The Morgan fingerprint density at radius 1 is 1.38 bits per heavy atom. The van der Waals surface area contributed by atoms with Crippen molar-refractivity contribution in [2.24, 2.45) is 5.92 Å². The van der Waals surface area contributed by atoms with E-state index in [9.17, 15) is 18.0 Å². The molecule has 2 aliphatic heterocycles. The van der Waals surface area contributed by atoms with Gasteiger partial charge in [0.15, 0.2) is 9.84 Å². The number of carbonyl (C=O) groups is 2. The number of nitrogens with one attached hydrogen (secondary N) is 1. The molecule has 2 saturated heterocycles. The maximum Gasteiger partial charge on any atom is 0.305 e. The molecule has 0 spiro atoms. The molecule has 1 amide bonds. The average Bonchev–Trinajstić information content (AvgIpc) is 2.36. The molecule has 0 bridgehead atoms. The average molecular weight is 318 g/mol. The number of hydrogen-bond donors (Lipinski definition) is 2. The number of hydrogen-bond acceptors (Lipinski definition) is 5. The number of aliphatic carboxylic acids is 1. The fourth-order valence-electron chi connectivity index (χ4n) is 3.04. The first-order chi connectivity index (χ1) is 9.78. The zero-order valence-corrected chi connectivity index (χ0v) is 12.9. The van der Waals surface area contributed by atoms with Crippen molar-refractivity contribution in [2.75, 3.05) is 24.6 Å². The summed E-state index contributed by atoms with van der Waals surface area (Å²) in [4.78, 5) is 25.0. The lowest BCUT2D eigenvalue weighted by Gasteiger charge is -2.38. The summed E-state index contributed by atoms with van der Waals surface area (Å²) in [7, 11) is -3.26. The lowest BCUT2D eigenvalue weighted by atomic mass is 9.93. The third-order valence-corrected chi connectivity index (χ3v) is 5.88. The van der Waals surface area contributed by atoms with Crippen LogP contribution in [-0.4, -0.2) is 67.0 Å². The molecule has 0 aromatic rings. The van der Waals surface area contributed by atoms with Crippen LogP contribution >= 0.6 is 0 Å². The lowest BCUT2D eigenvalue weighted by Crippen LogP contribution is -2.58. The van der Waals surface area contributed by atoms with Crippen molar-refractivity contribution in [1.82, 2.24) is 10.2 Å². The summed E-state index contributed by atoms with van der Waals surface area (Å²) in [5.41, 5.74) is 0. The third-order valence-electron chi connectivity index (χ3n) is 4.19. The van der Waals surface area contributed by atoms with Crippen molar-refractivity contribution in [1.29, 1.82) is 0 Å². The van der Waals surface area contributed by atoms with Crippen molar-refractivity contribution in [2.45, 2.75) is 38.3 Å². The Bertz CT molecular complexity index is 519. The van der Waals surface area contributed by atoms with Crippen molar-refractivity contribution in [3.8, 4) is 0 Å². The molecule has 2 rings (SSSR count). The second-order valence-electron chi connectivity index (χ2n) is 6.03. The van der Waals surface area contributed by atoms with E-state index in [1.165, 1.54) is 4.90 Å². The lowest BCUT2D eigenvalue weighted by molar-refractivity contribution is -0.141. The van der Waals surface area contributed by atoms with E-state index in [0.717, 1.165) is 13.0 Å². The van der Waals surface area contributed by atoms with E-state index in [4.69, 9.17) is 5.11 Å². The SMILES string of the molecule is CC1CCNC(C(=O)N2CCS(=O)(=O)CC2CC(=O)O)C1. The Morgan fingerprint density at radius 2 is 2.10 bits per heavy atom. The molecule has 8 heteroatoms.